The summed E-state index contributed by atoms with van der Waals surface area (Å²) >= 11 is 6.11. The molecule has 1 N–H and O–H groups in total. The maximum Gasteiger partial charge on any atom is 0.254 e. The molecule has 0 radical (unpaired) electrons. The minimum Gasteiger partial charge on any atom is -0.454 e. The molecule has 156 valence electrons. The number of likely N-dealkylation sites (tertiary alicyclic amines) is 1. The third-order valence-electron chi connectivity index (χ3n) is 6.34. The zero-order chi connectivity index (χ0) is 20.7. The zero-order valence-corrected chi connectivity index (χ0v) is 17.2. The van der Waals surface area contributed by atoms with Gasteiger partial charge in [-0.25, -0.2) is 0 Å². The molecule has 3 unspecified atom stereocenters. The highest BCUT2D eigenvalue weighted by molar-refractivity contribution is 6.31. The van der Waals surface area contributed by atoms with Crippen LogP contribution in [0.4, 0.5) is 5.69 Å². The average Bonchev–Trinajstić information content (AvgIpc) is 3.37. The molecule has 0 bridgehead atoms. The van der Waals surface area contributed by atoms with Crippen molar-refractivity contribution in [3.63, 3.8) is 0 Å². The summed E-state index contributed by atoms with van der Waals surface area (Å²) in [5, 5.41) is 3.49. The highest BCUT2D eigenvalue weighted by Crippen LogP contribution is 2.41. The van der Waals surface area contributed by atoms with Gasteiger partial charge in [-0.3, -0.25) is 9.59 Å². The van der Waals surface area contributed by atoms with Gasteiger partial charge in [-0.1, -0.05) is 30.5 Å². The lowest BCUT2D eigenvalue weighted by atomic mass is 9.84. The number of benzene rings is 2. The standard InChI is InChI=1S/C23H23ClN2O4/c24-16-6-3-5-15(10-16)23(28)26-18-7-2-1-4-14(18)11-19(26)22(27)25-17-8-9-20-21(12-17)30-13-29-20/h3,5-6,8-10,12,14,18-19H,1-2,4,7,11,13H2,(H,25,27). The van der Waals surface area contributed by atoms with E-state index in [-0.39, 0.29) is 24.6 Å². The monoisotopic (exact) mass is 426 g/mol. The van der Waals surface area contributed by atoms with Crippen LogP contribution in [0.15, 0.2) is 42.5 Å². The molecule has 3 aliphatic rings. The summed E-state index contributed by atoms with van der Waals surface area (Å²) in [7, 11) is 0. The Hall–Kier alpha value is -2.73. The van der Waals surface area contributed by atoms with Gasteiger partial charge < -0.3 is 19.7 Å². The summed E-state index contributed by atoms with van der Waals surface area (Å²) in [5.41, 5.74) is 1.16. The minimum atomic E-state index is -0.505. The van der Waals surface area contributed by atoms with Crippen molar-refractivity contribution >= 4 is 29.1 Å². The van der Waals surface area contributed by atoms with Gasteiger partial charge in [0.25, 0.3) is 5.91 Å². The van der Waals surface area contributed by atoms with Crippen molar-refractivity contribution in [1.29, 1.82) is 0 Å². The number of hydrogen-bond donors (Lipinski definition) is 1. The average molecular weight is 427 g/mol. The first kappa shape index (κ1) is 19.2. The van der Waals surface area contributed by atoms with E-state index in [9.17, 15) is 9.59 Å². The Labute approximate surface area is 180 Å². The molecule has 2 heterocycles. The molecule has 3 atom stereocenters. The fraction of sp³-hybridized carbons (Fsp3) is 0.391. The number of amides is 2. The Morgan fingerprint density at radius 3 is 2.73 bits per heavy atom. The Morgan fingerprint density at radius 1 is 1.03 bits per heavy atom. The number of rotatable bonds is 3. The third kappa shape index (κ3) is 3.49. The first-order valence-electron chi connectivity index (χ1n) is 10.4. The maximum absolute atomic E-state index is 13.4. The van der Waals surface area contributed by atoms with Crippen LogP contribution in [0.3, 0.4) is 0 Å². The van der Waals surface area contributed by atoms with Crippen molar-refractivity contribution < 1.29 is 19.1 Å². The number of nitrogens with one attached hydrogen (secondary N) is 1. The fourth-order valence-electron chi connectivity index (χ4n) is 4.96. The van der Waals surface area contributed by atoms with Gasteiger partial charge in [0.15, 0.2) is 11.5 Å². The van der Waals surface area contributed by atoms with E-state index in [1.54, 1.807) is 47.4 Å². The molecule has 30 heavy (non-hydrogen) atoms. The Morgan fingerprint density at radius 2 is 1.87 bits per heavy atom. The molecule has 2 fully saturated rings. The maximum atomic E-state index is 13.4. The van der Waals surface area contributed by atoms with Gasteiger partial charge in [0.2, 0.25) is 12.7 Å². The van der Waals surface area contributed by atoms with Crippen LogP contribution in [0.5, 0.6) is 11.5 Å². The molecule has 7 heteroatoms. The van der Waals surface area contributed by atoms with E-state index >= 15 is 0 Å². The molecule has 2 aromatic rings. The van der Waals surface area contributed by atoms with Crippen LogP contribution in [-0.4, -0.2) is 35.6 Å². The zero-order valence-electron chi connectivity index (χ0n) is 16.5. The van der Waals surface area contributed by atoms with E-state index in [0.717, 1.165) is 25.7 Å². The molecule has 1 saturated carbocycles. The van der Waals surface area contributed by atoms with Crippen LogP contribution in [0.1, 0.15) is 42.5 Å². The summed E-state index contributed by atoms with van der Waals surface area (Å²) in [6.45, 7) is 0.181. The van der Waals surface area contributed by atoms with Crippen LogP contribution >= 0.6 is 11.6 Å². The summed E-state index contributed by atoms with van der Waals surface area (Å²) in [5.74, 6) is 1.34. The lowest BCUT2D eigenvalue weighted by molar-refractivity contribution is -0.120. The van der Waals surface area contributed by atoms with Crippen LogP contribution in [0.2, 0.25) is 5.02 Å². The predicted octanol–water partition coefficient (Wildman–Crippen LogP) is 4.48. The number of carbonyl (C=O) groups is 2. The van der Waals surface area contributed by atoms with Crippen LogP contribution in [-0.2, 0) is 4.79 Å². The number of nitrogens with zero attached hydrogens (tertiary/aromatic N) is 1. The second-order valence-electron chi connectivity index (χ2n) is 8.14. The van der Waals surface area contributed by atoms with E-state index in [0.29, 0.717) is 40.1 Å². The highest BCUT2D eigenvalue weighted by Gasteiger charge is 2.47. The normalized spacial score (nSPS) is 24.4. The number of anilines is 1. The van der Waals surface area contributed by atoms with Gasteiger partial charge >= 0.3 is 0 Å². The fourth-order valence-corrected chi connectivity index (χ4v) is 5.15. The summed E-state index contributed by atoms with van der Waals surface area (Å²) < 4.78 is 10.7. The molecule has 2 aromatic carbocycles. The first-order valence-corrected chi connectivity index (χ1v) is 10.8. The van der Waals surface area contributed by atoms with Gasteiger partial charge in [-0.2, -0.15) is 0 Å². The lowest BCUT2D eigenvalue weighted by Crippen LogP contribution is -2.47. The van der Waals surface area contributed by atoms with Gasteiger partial charge in [-0.05, 0) is 55.5 Å². The van der Waals surface area contributed by atoms with Crippen LogP contribution in [0.25, 0.3) is 0 Å². The van der Waals surface area contributed by atoms with Gasteiger partial charge in [0, 0.05) is 28.4 Å². The van der Waals surface area contributed by atoms with Crippen molar-refractivity contribution in [3.05, 3.63) is 53.1 Å². The van der Waals surface area contributed by atoms with E-state index < -0.39 is 6.04 Å². The summed E-state index contributed by atoms with van der Waals surface area (Å²) in [6, 6.07) is 11.9. The molecular formula is C23H23ClN2O4. The Bertz CT molecular complexity index is 995. The van der Waals surface area contributed by atoms with Crippen LogP contribution in [0, 0.1) is 5.92 Å². The molecule has 1 aliphatic carbocycles. The van der Waals surface area contributed by atoms with E-state index in [1.807, 2.05) is 0 Å². The second-order valence-corrected chi connectivity index (χ2v) is 8.58. The minimum absolute atomic E-state index is 0.0951. The van der Waals surface area contributed by atoms with E-state index in [1.165, 1.54) is 0 Å². The number of hydrogen-bond acceptors (Lipinski definition) is 4. The van der Waals surface area contributed by atoms with Crippen LogP contribution < -0.4 is 14.8 Å². The van der Waals surface area contributed by atoms with Crippen molar-refractivity contribution in [3.8, 4) is 11.5 Å². The highest BCUT2D eigenvalue weighted by atomic mass is 35.5. The Balaban J connectivity index is 1.41. The second kappa shape index (κ2) is 7.84. The molecule has 0 aromatic heterocycles. The largest absolute Gasteiger partial charge is 0.454 e. The molecular weight excluding hydrogens is 404 g/mol. The molecule has 1 saturated heterocycles. The number of fused-ring (bicyclic) bond motifs is 2. The van der Waals surface area contributed by atoms with E-state index in [2.05, 4.69) is 5.32 Å². The smallest absolute Gasteiger partial charge is 0.254 e. The van der Waals surface area contributed by atoms with Gasteiger partial charge in [-0.15, -0.1) is 0 Å². The van der Waals surface area contributed by atoms with Gasteiger partial charge in [0.1, 0.15) is 6.04 Å². The number of ether oxygens (including phenoxy) is 2. The number of carbonyl (C=O) groups excluding carboxylic acids is 2. The lowest BCUT2D eigenvalue weighted by Gasteiger charge is -2.33. The van der Waals surface area contributed by atoms with Crippen molar-refractivity contribution in [2.24, 2.45) is 5.92 Å². The van der Waals surface area contributed by atoms with Crippen molar-refractivity contribution in [2.75, 3.05) is 12.1 Å². The first-order chi connectivity index (χ1) is 14.6. The third-order valence-corrected chi connectivity index (χ3v) is 6.57. The predicted molar refractivity (Wildman–Crippen MR) is 113 cm³/mol. The molecule has 2 amide bonds. The topological polar surface area (TPSA) is 67.9 Å². The molecule has 2 aliphatic heterocycles. The molecule has 6 nitrogen and oxygen atoms in total. The van der Waals surface area contributed by atoms with E-state index in [4.69, 9.17) is 21.1 Å². The number of halogens is 1. The molecule has 5 rings (SSSR count). The quantitative estimate of drug-likeness (QED) is 0.785. The van der Waals surface area contributed by atoms with Gasteiger partial charge in [0.05, 0.1) is 0 Å². The SMILES string of the molecule is O=C(Nc1ccc2c(c1)OCO2)C1CC2CCCCC2N1C(=O)c1cccc(Cl)c1. The Kier molecular flexibility index (Phi) is 5.03. The summed E-state index contributed by atoms with van der Waals surface area (Å²) in [4.78, 5) is 28.5. The summed E-state index contributed by atoms with van der Waals surface area (Å²) in [6.07, 6.45) is 4.91. The van der Waals surface area contributed by atoms with Crippen molar-refractivity contribution in [1.82, 2.24) is 4.90 Å². The molecule has 0 spiro atoms. The van der Waals surface area contributed by atoms with Crippen molar-refractivity contribution in [2.45, 2.75) is 44.2 Å².